The molecular formula is C23H18N2O. The first-order chi connectivity index (χ1) is 12.8. The Morgan fingerprint density at radius 2 is 1.27 bits per heavy atom. The molecule has 2 heterocycles. The van der Waals surface area contributed by atoms with Crippen LogP contribution in [-0.2, 0) is 6.61 Å². The molecule has 0 aliphatic heterocycles. The quantitative estimate of drug-likeness (QED) is 0.401. The molecule has 3 nitrogen and oxygen atoms in total. The van der Waals surface area contributed by atoms with Gasteiger partial charge in [-0.3, -0.25) is 0 Å². The molecule has 3 N–H and O–H groups in total. The van der Waals surface area contributed by atoms with Crippen LogP contribution in [0.4, 0.5) is 0 Å². The topological polar surface area (TPSA) is 51.8 Å². The monoisotopic (exact) mass is 338 g/mol. The summed E-state index contributed by atoms with van der Waals surface area (Å²) in [5, 5.41) is 12.3. The molecule has 0 saturated carbocycles. The molecule has 0 aliphatic carbocycles. The van der Waals surface area contributed by atoms with Crippen molar-refractivity contribution in [2.75, 3.05) is 0 Å². The van der Waals surface area contributed by atoms with Crippen molar-refractivity contribution in [1.82, 2.24) is 9.97 Å². The van der Waals surface area contributed by atoms with E-state index in [1.807, 2.05) is 36.4 Å². The van der Waals surface area contributed by atoms with Crippen molar-refractivity contribution in [3.05, 3.63) is 84.4 Å². The fourth-order valence-corrected chi connectivity index (χ4v) is 3.70. The van der Waals surface area contributed by atoms with Gasteiger partial charge in [0.05, 0.1) is 6.61 Å². The average Bonchev–Trinajstić information content (AvgIpc) is 3.31. The minimum atomic E-state index is -0.00122. The summed E-state index contributed by atoms with van der Waals surface area (Å²) in [6, 6.07) is 26.9. The average molecular weight is 338 g/mol. The summed E-state index contributed by atoms with van der Waals surface area (Å²) in [7, 11) is 0. The number of hydrogen-bond acceptors (Lipinski definition) is 1. The first-order valence-electron chi connectivity index (χ1n) is 8.72. The van der Waals surface area contributed by atoms with Gasteiger partial charge in [0.1, 0.15) is 0 Å². The van der Waals surface area contributed by atoms with Crippen molar-refractivity contribution in [2.45, 2.75) is 6.61 Å². The predicted octanol–water partition coefficient (Wildman–Crippen LogP) is 5.48. The fraction of sp³-hybridized carbons (Fsp3) is 0.0435. The van der Waals surface area contributed by atoms with Gasteiger partial charge in [0.2, 0.25) is 0 Å². The van der Waals surface area contributed by atoms with Gasteiger partial charge in [0, 0.05) is 44.3 Å². The highest BCUT2D eigenvalue weighted by atomic mass is 16.3. The second-order valence-corrected chi connectivity index (χ2v) is 6.54. The van der Waals surface area contributed by atoms with Crippen molar-refractivity contribution in [2.24, 2.45) is 0 Å². The maximum atomic E-state index is 9.94. The van der Waals surface area contributed by atoms with Crippen LogP contribution >= 0.6 is 0 Å². The summed E-state index contributed by atoms with van der Waals surface area (Å²) in [6.07, 6.45) is 0. The van der Waals surface area contributed by atoms with Crippen molar-refractivity contribution in [1.29, 1.82) is 0 Å². The van der Waals surface area contributed by atoms with E-state index in [1.165, 1.54) is 5.39 Å². The van der Waals surface area contributed by atoms with Gasteiger partial charge in [-0.25, -0.2) is 0 Å². The number of aliphatic hydroxyl groups is 1. The number of aromatic amines is 2. The van der Waals surface area contributed by atoms with Crippen LogP contribution in [0.2, 0.25) is 0 Å². The summed E-state index contributed by atoms with van der Waals surface area (Å²) in [4.78, 5) is 7.02. The number of aliphatic hydroxyl groups excluding tert-OH is 1. The van der Waals surface area contributed by atoms with Gasteiger partial charge in [-0.1, -0.05) is 54.6 Å². The molecule has 0 spiro atoms. The number of para-hydroxylation sites is 2. The zero-order valence-corrected chi connectivity index (χ0v) is 14.2. The molecule has 126 valence electrons. The van der Waals surface area contributed by atoms with E-state index >= 15 is 0 Å². The number of fused-ring (bicyclic) bond motifs is 2. The molecule has 3 heteroatoms. The summed E-state index contributed by atoms with van der Waals surface area (Å²) in [5.41, 5.74) is 7.31. The third-order valence-electron chi connectivity index (χ3n) is 4.94. The molecule has 0 atom stereocenters. The van der Waals surface area contributed by atoms with E-state index in [0.29, 0.717) is 0 Å². The number of H-pyrrole nitrogens is 2. The van der Waals surface area contributed by atoms with E-state index in [9.17, 15) is 5.11 Å². The van der Waals surface area contributed by atoms with Crippen LogP contribution in [0, 0.1) is 0 Å². The van der Waals surface area contributed by atoms with E-state index in [0.717, 1.165) is 44.5 Å². The third-order valence-corrected chi connectivity index (χ3v) is 4.94. The van der Waals surface area contributed by atoms with Crippen LogP contribution in [-0.4, -0.2) is 15.1 Å². The Kier molecular flexibility index (Phi) is 3.40. The number of hydrogen-bond donors (Lipinski definition) is 3. The van der Waals surface area contributed by atoms with Crippen LogP contribution in [0.15, 0.2) is 78.9 Å². The van der Waals surface area contributed by atoms with Crippen molar-refractivity contribution in [3.8, 4) is 22.5 Å². The fourth-order valence-electron chi connectivity index (χ4n) is 3.70. The molecule has 0 fully saturated rings. The summed E-state index contributed by atoms with van der Waals surface area (Å²) in [5.74, 6) is 0. The van der Waals surface area contributed by atoms with Crippen LogP contribution in [0.25, 0.3) is 44.3 Å². The Balaban J connectivity index is 1.78. The minimum absolute atomic E-state index is 0.00122. The number of rotatable bonds is 3. The number of aromatic nitrogens is 2. The lowest BCUT2D eigenvalue weighted by molar-refractivity contribution is 0.282. The molecule has 0 radical (unpaired) electrons. The minimum Gasteiger partial charge on any atom is -0.392 e. The lowest BCUT2D eigenvalue weighted by Crippen LogP contribution is -1.93. The van der Waals surface area contributed by atoms with Gasteiger partial charge in [-0.15, -0.1) is 0 Å². The molecule has 0 amide bonds. The van der Waals surface area contributed by atoms with E-state index in [-0.39, 0.29) is 6.61 Å². The largest absolute Gasteiger partial charge is 0.392 e. The first kappa shape index (κ1) is 15.0. The van der Waals surface area contributed by atoms with Gasteiger partial charge in [-0.2, -0.15) is 0 Å². The Labute approximate surface area is 150 Å². The predicted molar refractivity (Wildman–Crippen MR) is 107 cm³/mol. The molecule has 5 rings (SSSR count). The standard InChI is InChI=1S/C23H18N2O/c26-14-17-8-5-9-18(21-12-15-6-1-3-10-19(15)24-21)23(17)22-13-16-7-2-4-11-20(16)25-22/h1-13,24-26H,14H2. The third kappa shape index (κ3) is 2.33. The van der Waals surface area contributed by atoms with Gasteiger partial charge in [0.15, 0.2) is 0 Å². The normalized spacial score (nSPS) is 11.4. The maximum Gasteiger partial charge on any atom is 0.0688 e. The molecule has 0 saturated heterocycles. The molecule has 3 aromatic carbocycles. The molecule has 5 aromatic rings. The van der Waals surface area contributed by atoms with Crippen molar-refractivity contribution >= 4 is 21.8 Å². The number of nitrogens with one attached hydrogen (secondary N) is 2. The van der Waals surface area contributed by atoms with Gasteiger partial charge in [-0.05, 0) is 29.8 Å². The highest BCUT2D eigenvalue weighted by molar-refractivity contribution is 5.94. The Hall–Kier alpha value is -3.30. The van der Waals surface area contributed by atoms with Gasteiger partial charge < -0.3 is 15.1 Å². The lowest BCUT2D eigenvalue weighted by Gasteiger charge is -2.11. The molecule has 0 bridgehead atoms. The summed E-state index contributed by atoms with van der Waals surface area (Å²) in [6.45, 7) is -0.00122. The molecule has 0 aliphatic rings. The highest BCUT2D eigenvalue weighted by Crippen LogP contribution is 2.36. The molecule has 0 unspecified atom stereocenters. The van der Waals surface area contributed by atoms with Crippen LogP contribution < -0.4 is 0 Å². The van der Waals surface area contributed by atoms with Crippen LogP contribution in [0.1, 0.15) is 5.56 Å². The van der Waals surface area contributed by atoms with Crippen molar-refractivity contribution in [3.63, 3.8) is 0 Å². The van der Waals surface area contributed by atoms with Crippen LogP contribution in [0.5, 0.6) is 0 Å². The molecule has 2 aromatic heterocycles. The Morgan fingerprint density at radius 3 is 1.92 bits per heavy atom. The molecular weight excluding hydrogens is 320 g/mol. The highest BCUT2D eigenvalue weighted by Gasteiger charge is 2.15. The lowest BCUT2D eigenvalue weighted by atomic mass is 9.96. The summed E-state index contributed by atoms with van der Waals surface area (Å²) >= 11 is 0. The Bertz CT molecular complexity index is 1160. The first-order valence-corrected chi connectivity index (χ1v) is 8.72. The Morgan fingerprint density at radius 1 is 0.654 bits per heavy atom. The second-order valence-electron chi connectivity index (χ2n) is 6.54. The second kappa shape index (κ2) is 5.90. The van der Waals surface area contributed by atoms with Gasteiger partial charge >= 0.3 is 0 Å². The van der Waals surface area contributed by atoms with E-state index in [4.69, 9.17) is 0 Å². The number of benzene rings is 3. The SMILES string of the molecule is OCc1cccc(-c2cc3ccccc3[nH]2)c1-c1cc2ccccc2[nH]1. The van der Waals surface area contributed by atoms with E-state index in [1.54, 1.807) is 0 Å². The van der Waals surface area contributed by atoms with Gasteiger partial charge in [0.25, 0.3) is 0 Å². The molecule has 26 heavy (non-hydrogen) atoms. The summed E-state index contributed by atoms with van der Waals surface area (Å²) < 4.78 is 0. The zero-order valence-electron chi connectivity index (χ0n) is 14.2. The van der Waals surface area contributed by atoms with E-state index < -0.39 is 0 Å². The zero-order chi connectivity index (χ0) is 17.5. The van der Waals surface area contributed by atoms with E-state index in [2.05, 4.69) is 52.4 Å². The smallest absolute Gasteiger partial charge is 0.0688 e. The maximum absolute atomic E-state index is 9.94. The van der Waals surface area contributed by atoms with Crippen LogP contribution in [0.3, 0.4) is 0 Å². The van der Waals surface area contributed by atoms with Crippen molar-refractivity contribution < 1.29 is 5.11 Å².